The van der Waals surface area contributed by atoms with Gasteiger partial charge in [0, 0.05) is 54.7 Å². The van der Waals surface area contributed by atoms with Crippen LogP contribution in [-0.2, 0) is 0 Å². The summed E-state index contributed by atoms with van der Waals surface area (Å²) in [4.78, 5) is 21.7. The molecule has 2 aromatic heterocycles. The number of aromatic nitrogens is 3. The number of amides is 1. The van der Waals surface area contributed by atoms with Gasteiger partial charge in [-0.3, -0.25) is 4.79 Å². The Morgan fingerprint density at radius 3 is 2.54 bits per heavy atom. The number of benzene rings is 2. The van der Waals surface area contributed by atoms with Crippen LogP contribution in [0.2, 0.25) is 0 Å². The molecule has 39 heavy (non-hydrogen) atoms. The fraction of sp³-hybridized carbons (Fsp3) is 0.321. The standard InChI is InChI=1S/C28H26F3N7O/c29-16-1-6-24(31)22(9-16)25-10-17(30)13-37(25)26-7-8-38-27(35-26)23(12-32-38)28(39)34-18-2-4-21(5-3-18)36-14-19-11-20(15-36)33-19/h1-9,12,17,19-20,25,33H,10-11,13-15H2,(H,34,39)/t17-,19?,20?,25+/m0/s1. The van der Waals surface area contributed by atoms with E-state index in [0.29, 0.717) is 23.6 Å². The molecule has 4 saturated heterocycles. The van der Waals surface area contributed by atoms with Gasteiger partial charge in [-0.2, -0.15) is 5.10 Å². The number of nitrogens with zero attached hydrogens (tertiary/aromatic N) is 5. The summed E-state index contributed by atoms with van der Waals surface area (Å²) in [6, 6.07) is 12.9. The highest BCUT2D eigenvalue weighted by Crippen LogP contribution is 2.38. The van der Waals surface area contributed by atoms with Crippen LogP contribution in [-0.4, -0.2) is 58.4 Å². The van der Waals surface area contributed by atoms with Gasteiger partial charge in [-0.1, -0.05) is 0 Å². The molecule has 6 heterocycles. The number of carbonyl (C=O) groups excluding carboxylic acids is 1. The molecule has 8 nitrogen and oxygen atoms in total. The lowest BCUT2D eigenvalue weighted by molar-refractivity contribution is 0.102. The summed E-state index contributed by atoms with van der Waals surface area (Å²) in [5.41, 5.74) is 2.35. The molecule has 0 aliphatic carbocycles. The largest absolute Gasteiger partial charge is 0.368 e. The van der Waals surface area contributed by atoms with Gasteiger partial charge in [0.05, 0.1) is 18.8 Å². The number of piperidine rings is 1. The molecule has 4 aliphatic rings. The fourth-order valence-electron chi connectivity index (χ4n) is 5.96. The van der Waals surface area contributed by atoms with Crippen LogP contribution in [0.3, 0.4) is 0 Å². The van der Waals surface area contributed by atoms with E-state index in [1.165, 1.54) is 17.1 Å². The zero-order valence-electron chi connectivity index (χ0n) is 20.9. The second kappa shape index (κ2) is 9.26. The first kappa shape index (κ1) is 24.0. The Balaban J connectivity index is 1.12. The number of fused-ring (bicyclic) bond motifs is 3. The minimum absolute atomic E-state index is 0.00505. The van der Waals surface area contributed by atoms with Gasteiger partial charge in [-0.15, -0.1) is 0 Å². The fourth-order valence-corrected chi connectivity index (χ4v) is 5.96. The Labute approximate surface area is 222 Å². The van der Waals surface area contributed by atoms with Gasteiger partial charge in [0.15, 0.2) is 5.65 Å². The molecule has 0 saturated carbocycles. The SMILES string of the molecule is O=C(Nc1ccc(N2CC3CC(C2)N3)cc1)c1cnn2ccc(N3C[C@@H](F)C[C@@H]3c3cc(F)ccc3F)nc12. The van der Waals surface area contributed by atoms with Crippen LogP contribution in [0.5, 0.6) is 0 Å². The molecule has 1 amide bonds. The molecule has 11 heteroatoms. The minimum atomic E-state index is -1.24. The molecule has 4 fully saturated rings. The number of piperazine rings is 1. The molecule has 4 aromatic rings. The summed E-state index contributed by atoms with van der Waals surface area (Å²) in [6.07, 6.45) is 3.04. The van der Waals surface area contributed by atoms with E-state index in [9.17, 15) is 18.0 Å². The van der Waals surface area contributed by atoms with E-state index in [4.69, 9.17) is 0 Å². The van der Waals surface area contributed by atoms with E-state index in [1.807, 2.05) is 24.3 Å². The zero-order valence-corrected chi connectivity index (χ0v) is 20.9. The average molecular weight is 534 g/mol. The molecule has 2 unspecified atom stereocenters. The predicted molar refractivity (Wildman–Crippen MR) is 141 cm³/mol. The Hall–Kier alpha value is -4.12. The van der Waals surface area contributed by atoms with Crippen molar-refractivity contribution in [3.05, 3.63) is 83.7 Å². The topological polar surface area (TPSA) is 77.8 Å². The second-order valence-electron chi connectivity index (χ2n) is 10.5. The third-order valence-corrected chi connectivity index (χ3v) is 7.87. The van der Waals surface area contributed by atoms with Crippen LogP contribution in [0.1, 0.15) is 34.8 Å². The van der Waals surface area contributed by atoms with Crippen molar-refractivity contribution in [2.24, 2.45) is 0 Å². The van der Waals surface area contributed by atoms with Crippen molar-refractivity contribution in [1.82, 2.24) is 19.9 Å². The van der Waals surface area contributed by atoms with Crippen molar-refractivity contribution in [3.8, 4) is 0 Å². The van der Waals surface area contributed by atoms with Crippen molar-refractivity contribution in [3.63, 3.8) is 0 Å². The smallest absolute Gasteiger partial charge is 0.261 e. The van der Waals surface area contributed by atoms with E-state index in [1.54, 1.807) is 17.2 Å². The molecule has 2 N–H and O–H groups in total. The van der Waals surface area contributed by atoms with E-state index < -0.39 is 23.8 Å². The molecule has 200 valence electrons. The summed E-state index contributed by atoms with van der Waals surface area (Å²) >= 11 is 0. The summed E-state index contributed by atoms with van der Waals surface area (Å²) in [6.45, 7) is 1.93. The van der Waals surface area contributed by atoms with Crippen molar-refractivity contribution >= 4 is 28.7 Å². The van der Waals surface area contributed by atoms with Crippen LogP contribution in [0.4, 0.5) is 30.4 Å². The van der Waals surface area contributed by atoms with Crippen LogP contribution >= 0.6 is 0 Å². The van der Waals surface area contributed by atoms with Gasteiger partial charge >= 0.3 is 0 Å². The normalized spacial score (nSPS) is 24.2. The molecule has 0 radical (unpaired) electrons. The lowest BCUT2D eigenvalue weighted by Gasteiger charge is -2.49. The first-order valence-corrected chi connectivity index (χ1v) is 13.0. The lowest BCUT2D eigenvalue weighted by Crippen LogP contribution is -2.67. The number of nitrogens with one attached hydrogen (secondary N) is 2. The van der Waals surface area contributed by atoms with Crippen LogP contribution in [0, 0.1) is 11.6 Å². The monoisotopic (exact) mass is 533 g/mol. The maximum absolute atomic E-state index is 14.6. The molecule has 2 bridgehead atoms. The zero-order chi connectivity index (χ0) is 26.7. The Morgan fingerprint density at radius 1 is 1.00 bits per heavy atom. The summed E-state index contributed by atoms with van der Waals surface area (Å²) in [7, 11) is 0. The van der Waals surface area contributed by atoms with E-state index in [-0.39, 0.29) is 35.6 Å². The summed E-state index contributed by atoms with van der Waals surface area (Å²) in [5.74, 6) is -1.23. The van der Waals surface area contributed by atoms with Crippen molar-refractivity contribution < 1.29 is 18.0 Å². The van der Waals surface area contributed by atoms with E-state index in [2.05, 4.69) is 25.6 Å². The van der Waals surface area contributed by atoms with Gasteiger partial charge in [0.2, 0.25) is 0 Å². The first-order valence-electron chi connectivity index (χ1n) is 13.0. The van der Waals surface area contributed by atoms with Crippen LogP contribution in [0.15, 0.2) is 60.9 Å². The number of halogens is 3. The third kappa shape index (κ3) is 4.36. The maximum atomic E-state index is 14.6. The van der Waals surface area contributed by atoms with Gasteiger partial charge in [0.1, 0.15) is 29.2 Å². The number of hydrogen-bond donors (Lipinski definition) is 2. The van der Waals surface area contributed by atoms with Crippen LogP contribution < -0.4 is 20.4 Å². The predicted octanol–water partition coefficient (Wildman–Crippen LogP) is 4.10. The molecule has 4 aliphatic heterocycles. The number of anilines is 3. The quantitative estimate of drug-likeness (QED) is 0.402. The first-order chi connectivity index (χ1) is 18.9. The van der Waals surface area contributed by atoms with Crippen molar-refractivity contribution in [2.75, 3.05) is 34.8 Å². The average Bonchev–Trinajstić information content (AvgIpc) is 3.53. The number of alkyl halides is 1. The second-order valence-corrected chi connectivity index (χ2v) is 10.5. The van der Waals surface area contributed by atoms with E-state index in [0.717, 1.165) is 37.0 Å². The van der Waals surface area contributed by atoms with E-state index >= 15 is 0 Å². The third-order valence-electron chi connectivity index (χ3n) is 7.87. The Kier molecular flexibility index (Phi) is 5.69. The van der Waals surface area contributed by atoms with Crippen molar-refractivity contribution in [1.29, 1.82) is 0 Å². The highest BCUT2D eigenvalue weighted by Gasteiger charge is 2.37. The molecule has 2 aromatic carbocycles. The molecule has 0 spiro atoms. The number of hydrogen-bond acceptors (Lipinski definition) is 6. The van der Waals surface area contributed by atoms with Crippen molar-refractivity contribution in [2.45, 2.75) is 37.1 Å². The lowest BCUT2D eigenvalue weighted by atomic mass is 9.91. The van der Waals surface area contributed by atoms with Gasteiger partial charge in [0.25, 0.3) is 5.91 Å². The van der Waals surface area contributed by atoms with Gasteiger partial charge in [-0.05, 0) is 55.0 Å². The highest BCUT2D eigenvalue weighted by atomic mass is 19.1. The minimum Gasteiger partial charge on any atom is -0.368 e. The van der Waals surface area contributed by atoms with Gasteiger partial charge < -0.3 is 20.4 Å². The summed E-state index contributed by atoms with van der Waals surface area (Å²) < 4.78 is 44.4. The highest BCUT2D eigenvalue weighted by molar-refractivity contribution is 6.08. The molecular formula is C28H26F3N7O. The van der Waals surface area contributed by atoms with Crippen LogP contribution in [0.25, 0.3) is 5.65 Å². The molecule has 4 atom stereocenters. The molecule has 8 rings (SSSR count). The van der Waals surface area contributed by atoms with Gasteiger partial charge in [-0.25, -0.2) is 22.7 Å². The maximum Gasteiger partial charge on any atom is 0.261 e. The molecular weight excluding hydrogens is 507 g/mol. The Morgan fingerprint density at radius 2 is 1.77 bits per heavy atom. The summed E-state index contributed by atoms with van der Waals surface area (Å²) in [5, 5.41) is 10.7. The number of rotatable bonds is 5. The number of carbonyl (C=O) groups is 1. The Bertz CT molecular complexity index is 1540.